The van der Waals surface area contributed by atoms with Crippen LogP contribution in [0.5, 0.6) is 0 Å². The fraction of sp³-hybridized carbons (Fsp3) is 0.500. The average molecular weight is 282 g/mol. The molecule has 0 heterocycles. The third-order valence-corrected chi connectivity index (χ3v) is 4.20. The van der Waals surface area contributed by atoms with E-state index in [1.807, 2.05) is 7.05 Å². The van der Waals surface area contributed by atoms with Crippen molar-refractivity contribution < 1.29 is 4.39 Å². The normalized spacial score (nSPS) is 17.7. The third-order valence-electron chi connectivity index (χ3n) is 3.84. The maximum Gasteiger partial charge on any atom is 0.127 e. The van der Waals surface area contributed by atoms with Gasteiger partial charge in [0.25, 0.3) is 0 Å². The van der Waals surface area contributed by atoms with Crippen LogP contribution in [-0.4, -0.2) is 13.1 Å². The van der Waals surface area contributed by atoms with Gasteiger partial charge in [0.2, 0.25) is 0 Å². The lowest BCUT2D eigenvalue weighted by Gasteiger charge is -2.20. The molecule has 1 N–H and O–H groups in total. The van der Waals surface area contributed by atoms with Crippen LogP contribution in [0.4, 0.5) is 4.39 Å². The van der Waals surface area contributed by atoms with Crippen molar-refractivity contribution in [3.05, 3.63) is 46.3 Å². The van der Waals surface area contributed by atoms with Gasteiger partial charge < -0.3 is 5.32 Å². The Morgan fingerprint density at radius 1 is 1.32 bits per heavy atom. The average Bonchev–Trinajstić information content (AvgIpc) is 2.67. The predicted molar refractivity (Wildman–Crippen MR) is 79.1 cm³/mol. The molecule has 0 bridgehead atoms. The van der Waals surface area contributed by atoms with E-state index < -0.39 is 0 Å². The molecule has 0 fully saturated rings. The summed E-state index contributed by atoms with van der Waals surface area (Å²) in [5, 5.41) is 3.83. The highest BCUT2D eigenvalue weighted by Gasteiger charge is 2.17. The molecule has 1 unspecified atom stereocenters. The van der Waals surface area contributed by atoms with Crippen LogP contribution in [0, 0.1) is 5.82 Å². The molecular formula is C16H21ClFN. The summed E-state index contributed by atoms with van der Waals surface area (Å²) >= 11 is 6.11. The molecule has 0 spiro atoms. The lowest BCUT2D eigenvalue weighted by Crippen LogP contribution is -2.30. The minimum absolute atomic E-state index is 0.187. The van der Waals surface area contributed by atoms with Crippen molar-refractivity contribution in [1.82, 2.24) is 5.32 Å². The number of hydrogen-bond donors (Lipinski definition) is 1. The highest BCUT2D eigenvalue weighted by molar-refractivity contribution is 6.31. The summed E-state index contributed by atoms with van der Waals surface area (Å²) in [7, 11) is 1.94. The molecule has 0 saturated carbocycles. The zero-order valence-electron chi connectivity index (χ0n) is 11.4. The van der Waals surface area contributed by atoms with Crippen LogP contribution in [0.15, 0.2) is 29.8 Å². The largest absolute Gasteiger partial charge is 0.313 e. The smallest absolute Gasteiger partial charge is 0.127 e. The number of rotatable bonds is 4. The molecule has 19 heavy (non-hydrogen) atoms. The van der Waals surface area contributed by atoms with Crippen LogP contribution in [0.2, 0.25) is 5.02 Å². The van der Waals surface area contributed by atoms with Crippen LogP contribution in [-0.2, 0) is 6.42 Å². The maximum atomic E-state index is 13.9. The SMILES string of the molecule is CNC(Cc1c(F)cccc1Cl)C1=CCCCCC1. The lowest BCUT2D eigenvalue weighted by molar-refractivity contribution is 0.562. The number of hydrogen-bond acceptors (Lipinski definition) is 1. The van der Waals surface area contributed by atoms with Gasteiger partial charge in [-0.25, -0.2) is 4.39 Å². The molecule has 1 aromatic rings. The number of allylic oxidation sites excluding steroid dienone is 1. The van der Waals surface area contributed by atoms with Gasteiger partial charge >= 0.3 is 0 Å². The summed E-state index contributed by atoms with van der Waals surface area (Å²) in [6.45, 7) is 0. The number of benzene rings is 1. The van der Waals surface area contributed by atoms with Gasteiger partial charge in [0.15, 0.2) is 0 Å². The van der Waals surface area contributed by atoms with Crippen molar-refractivity contribution in [3.63, 3.8) is 0 Å². The monoisotopic (exact) mass is 281 g/mol. The van der Waals surface area contributed by atoms with Gasteiger partial charge in [0.05, 0.1) is 0 Å². The van der Waals surface area contributed by atoms with Crippen LogP contribution in [0.3, 0.4) is 0 Å². The second kappa shape index (κ2) is 7.06. The molecule has 1 aliphatic rings. The summed E-state index contributed by atoms with van der Waals surface area (Å²) < 4.78 is 13.9. The zero-order chi connectivity index (χ0) is 13.7. The molecule has 104 valence electrons. The first kappa shape index (κ1) is 14.5. The fourth-order valence-corrected chi connectivity index (χ4v) is 2.95. The minimum atomic E-state index is -0.207. The van der Waals surface area contributed by atoms with E-state index in [0.29, 0.717) is 17.0 Å². The highest BCUT2D eigenvalue weighted by Crippen LogP contribution is 2.25. The molecule has 0 aromatic heterocycles. The van der Waals surface area contributed by atoms with Crippen LogP contribution < -0.4 is 5.32 Å². The van der Waals surface area contributed by atoms with Crippen LogP contribution in [0.25, 0.3) is 0 Å². The Balaban J connectivity index is 2.16. The number of halogens is 2. The molecular weight excluding hydrogens is 261 g/mol. The van der Waals surface area contributed by atoms with Gasteiger partial charge in [-0.15, -0.1) is 0 Å². The van der Waals surface area contributed by atoms with E-state index in [2.05, 4.69) is 11.4 Å². The summed E-state index contributed by atoms with van der Waals surface area (Å²) in [5.74, 6) is -0.207. The van der Waals surface area contributed by atoms with E-state index in [1.165, 1.54) is 30.9 Å². The topological polar surface area (TPSA) is 12.0 Å². The van der Waals surface area contributed by atoms with Gasteiger partial charge in [-0.1, -0.05) is 35.7 Å². The molecule has 1 aromatic carbocycles. The first-order valence-corrected chi connectivity index (χ1v) is 7.39. The first-order chi connectivity index (χ1) is 9.22. The van der Waals surface area contributed by atoms with Gasteiger partial charge in [-0.2, -0.15) is 0 Å². The summed E-state index contributed by atoms with van der Waals surface area (Å²) in [6.07, 6.45) is 8.97. The second-order valence-corrected chi connectivity index (χ2v) is 5.53. The molecule has 0 aliphatic heterocycles. The van der Waals surface area contributed by atoms with Crippen molar-refractivity contribution in [2.24, 2.45) is 0 Å². The van der Waals surface area contributed by atoms with Crippen molar-refractivity contribution in [3.8, 4) is 0 Å². The molecule has 1 aliphatic carbocycles. The Labute approximate surface area is 119 Å². The molecule has 1 atom stereocenters. The van der Waals surface area contributed by atoms with E-state index in [1.54, 1.807) is 12.1 Å². The van der Waals surface area contributed by atoms with Crippen molar-refractivity contribution >= 4 is 11.6 Å². The Bertz CT molecular complexity index is 436. The van der Waals surface area contributed by atoms with Gasteiger partial charge in [-0.3, -0.25) is 0 Å². The van der Waals surface area contributed by atoms with Crippen molar-refractivity contribution in [2.75, 3.05) is 7.05 Å². The first-order valence-electron chi connectivity index (χ1n) is 7.01. The standard InChI is InChI=1S/C16H21ClFN/c1-19-16(12-7-4-2-3-5-8-12)11-13-14(17)9-6-10-15(13)18/h6-7,9-10,16,19H,2-5,8,11H2,1H3. The van der Waals surface area contributed by atoms with Crippen LogP contribution in [0.1, 0.15) is 37.7 Å². The molecule has 3 heteroatoms. The van der Waals surface area contributed by atoms with Gasteiger partial charge in [0.1, 0.15) is 5.82 Å². The Hall–Kier alpha value is -0.860. The fourth-order valence-electron chi connectivity index (χ4n) is 2.71. The summed E-state index contributed by atoms with van der Waals surface area (Å²) in [6, 6.07) is 5.08. The molecule has 0 radical (unpaired) electrons. The summed E-state index contributed by atoms with van der Waals surface area (Å²) in [4.78, 5) is 0. The predicted octanol–water partition coefficient (Wildman–Crippen LogP) is 4.50. The number of nitrogens with one attached hydrogen (secondary N) is 1. The molecule has 1 nitrogen and oxygen atoms in total. The number of likely N-dealkylation sites (N-methyl/N-ethyl adjacent to an activating group) is 1. The second-order valence-electron chi connectivity index (χ2n) is 5.12. The van der Waals surface area contributed by atoms with E-state index >= 15 is 0 Å². The Kier molecular flexibility index (Phi) is 5.41. The van der Waals surface area contributed by atoms with Crippen molar-refractivity contribution in [2.45, 2.75) is 44.6 Å². The minimum Gasteiger partial charge on any atom is -0.313 e. The zero-order valence-corrected chi connectivity index (χ0v) is 12.1. The quantitative estimate of drug-likeness (QED) is 0.801. The van der Waals surface area contributed by atoms with Crippen molar-refractivity contribution in [1.29, 1.82) is 0 Å². The van der Waals surface area contributed by atoms with E-state index in [9.17, 15) is 4.39 Å². The molecule has 2 rings (SSSR count). The Morgan fingerprint density at radius 2 is 2.16 bits per heavy atom. The van der Waals surface area contributed by atoms with Gasteiger partial charge in [0, 0.05) is 16.6 Å². The third kappa shape index (κ3) is 3.80. The van der Waals surface area contributed by atoms with Gasteiger partial charge in [-0.05, 0) is 51.3 Å². The van der Waals surface area contributed by atoms with Crippen LogP contribution >= 0.6 is 11.6 Å². The van der Waals surface area contributed by atoms with E-state index in [0.717, 1.165) is 12.8 Å². The maximum absolute atomic E-state index is 13.9. The highest BCUT2D eigenvalue weighted by atomic mass is 35.5. The Morgan fingerprint density at radius 3 is 2.89 bits per heavy atom. The lowest BCUT2D eigenvalue weighted by atomic mass is 9.95. The molecule has 0 amide bonds. The summed E-state index contributed by atoms with van der Waals surface area (Å²) in [5.41, 5.74) is 2.02. The van der Waals surface area contributed by atoms with E-state index in [-0.39, 0.29) is 11.9 Å². The molecule has 0 saturated heterocycles. The van der Waals surface area contributed by atoms with E-state index in [4.69, 9.17) is 11.6 Å².